The molecule has 316 valence electrons. The molecule has 3 fully saturated rings. The molecule has 1 saturated carbocycles. The number of imide groups is 1. The summed E-state index contributed by atoms with van der Waals surface area (Å²) in [5.74, 6) is 0.283. The van der Waals surface area contributed by atoms with Gasteiger partial charge in [-0.2, -0.15) is 10.1 Å². The highest BCUT2D eigenvalue weighted by atomic mass is 35.5. The molecule has 2 aliphatic heterocycles. The number of piperidine rings is 1. The Hall–Kier alpha value is -5.81. The molecule has 17 nitrogen and oxygen atoms in total. The van der Waals surface area contributed by atoms with Crippen LogP contribution in [0.3, 0.4) is 0 Å². The fourth-order valence-electron chi connectivity index (χ4n) is 9.04. The van der Waals surface area contributed by atoms with E-state index in [9.17, 15) is 19.2 Å². The van der Waals surface area contributed by atoms with Crippen LogP contribution in [-0.4, -0.2) is 92.1 Å². The monoisotopic (exact) mass is 840 g/mol. The van der Waals surface area contributed by atoms with Gasteiger partial charge in [0.2, 0.25) is 17.8 Å². The molecule has 1 unspecified atom stereocenters. The van der Waals surface area contributed by atoms with Crippen LogP contribution in [0.25, 0.3) is 21.9 Å². The third-order valence-electron chi connectivity index (χ3n) is 11.8. The van der Waals surface area contributed by atoms with Gasteiger partial charge in [-0.05, 0) is 77.6 Å². The van der Waals surface area contributed by atoms with Crippen LogP contribution in [0.15, 0.2) is 47.5 Å². The predicted molar refractivity (Wildman–Crippen MR) is 225 cm³/mol. The van der Waals surface area contributed by atoms with E-state index in [0.717, 1.165) is 43.3 Å². The number of nitrogens with one attached hydrogen (secondary N) is 3. The number of rotatable bonds is 12. The molecule has 18 heteroatoms. The Morgan fingerprint density at radius 3 is 2.63 bits per heavy atom. The van der Waals surface area contributed by atoms with Gasteiger partial charge in [-0.15, -0.1) is 0 Å². The molecule has 0 bridgehead atoms. The average Bonchev–Trinajstić information content (AvgIpc) is 3.52. The second kappa shape index (κ2) is 16.0. The molecule has 1 aliphatic carbocycles. The van der Waals surface area contributed by atoms with Gasteiger partial charge in [0, 0.05) is 68.5 Å². The number of hydrogen-bond donors (Lipinski definition) is 3. The van der Waals surface area contributed by atoms with Crippen LogP contribution < -0.4 is 35.9 Å². The normalized spacial score (nSPS) is 21.3. The lowest BCUT2D eigenvalue weighted by molar-refractivity contribution is -0.153. The first-order valence-electron chi connectivity index (χ1n) is 20.2. The molecule has 3 N–H and O–H groups in total. The van der Waals surface area contributed by atoms with E-state index in [2.05, 4.69) is 42.8 Å². The molecule has 1 aromatic carbocycles. The number of carbonyl (C=O) groups excluding carboxylic acids is 3. The van der Waals surface area contributed by atoms with E-state index in [1.54, 1.807) is 23.1 Å². The van der Waals surface area contributed by atoms with Gasteiger partial charge in [0.05, 0.1) is 35.2 Å². The van der Waals surface area contributed by atoms with E-state index >= 15 is 0 Å². The minimum atomic E-state index is -0.567. The zero-order chi connectivity index (χ0) is 42.5. The van der Waals surface area contributed by atoms with Gasteiger partial charge in [-0.1, -0.05) is 11.6 Å². The van der Waals surface area contributed by atoms with Gasteiger partial charge < -0.3 is 29.7 Å². The summed E-state index contributed by atoms with van der Waals surface area (Å²) in [6.07, 6.45) is 6.18. The average molecular weight is 841 g/mol. The lowest BCUT2D eigenvalue weighted by Gasteiger charge is -2.58. The summed E-state index contributed by atoms with van der Waals surface area (Å²) in [6, 6.07) is 9.02. The van der Waals surface area contributed by atoms with E-state index in [4.69, 9.17) is 30.8 Å². The zero-order valence-electron chi connectivity index (χ0n) is 34.5. The summed E-state index contributed by atoms with van der Waals surface area (Å²) < 4.78 is 22.1. The highest BCUT2D eigenvalue weighted by molar-refractivity contribution is 6.33. The first-order chi connectivity index (χ1) is 28.7. The van der Waals surface area contributed by atoms with Crippen molar-refractivity contribution in [3.8, 4) is 11.5 Å². The zero-order valence-corrected chi connectivity index (χ0v) is 35.3. The quantitative estimate of drug-likeness (QED) is 0.143. The maximum atomic E-state index is 13.2. The van der Waals surface area contributed by atoms with Crippen LogP contribution in [0.1, 0.15) is 77.5 Å². The third kappa shape index (κ3) is 7.71. The van der Waals surface area contributed by atoms with E-state index in [0.29, 0.717) is 58.0 Å². The number of hydrogen-bond acceptors (Lipinski definition) is 13. The van der Waals surface area contributed by atoms with Crippen molar-refractivity contribution >= 4 is 68.7 Å². The molecule has 4 aromatic heterocycles. The van der Waals surface area contributed by atoms with Gasteiger partial charge in [0.15, 0.2) is 18.2 Å². The van der Waals surface area contributed by atoms with Crippen LogP contribution in [-0.2, 0) is 26.2 Å². The Kier molecular flexibility index (Phi) is 10.9. The number of amides is 3. The molecule has 8 rings (SSSR count). The van der Waals surface area contributed by atoms with Gasteiger partial charge in [0.25, 0.3) is 11.5 Å². The minimum absolute atomic E-state index is 0.0325. The van der Waals surface area contributed by atoms with E-state index in [-0.39, 0.29) is 59.6 Å². The number of aryl methyl sites for hydroxylation is 1. The highest BCUT2D eigenvalue weighted by Gasteiger charge is 2.55. The van der Waals surface area contributed by atoms with Crippen LogP contribution in [0, 0.1) is 5.41 Å². The van der Waals surface area contributed by atoms with Crippen molar-refractivity contribution in [2.75, 3.05) is 43.6 Å². The molecular formula is C42H49ClN10O7. The summed E-state index contributed by atoms with van der Waals surface area (Å²) >= 11 is 6.62. The number of likely N-dealkylation sites (N-methyl/N-ethyl adjacent to an activating group) is 1. The van der Waals surface area contributed by atoms with Crippen molar-refractivity contribution in [1.82, 2.24) is 39.9 Å². The van der Waals surface area contributed by atoms with Gasteiger partial charge in [-0.25, -0.2) is 9.97 Å². The number of pyridine rings is 2. The molecule has 6 heterocycles. The van der Waals surface area contributed by atoms with Gasteiger partial charge >= 0.3 is 0 Å². The molecule has 60 heavy (non-hydrogen) atoms. The van der Waals surface area contributed by atoms with E-state index < -0.39 is 11.5 Å². The highest BCUT2D eigenvalue weighted by Crippen LogP contribution is 2.51. The predicted octanol–water partition coefficient (Wildman–Crippen LogP) is 4.93. The van der Waals surface area contributed by atoms with Gasteiger partial charge in [-0.3, -0.25) is 33.7 Å². The van der Waals surface area contributed by atoms with Crippen molar-refractivity contribution in [2.24, 2.45) is 12.5 Å². The number of nitrogens with zero attached hydrogens (tertiary/aromatic N) is 7. The number of aromatic nitrogens is 6. The number of benzene rings is 1. The maximum absolute atomic E-state index is 13.2. The first-order valence-corrected chi connectivity index (χ1v) is 20.6. The van der Waals surface area contributed by atoms with Crippen molar-refractivity contribution in [2.45, 2.75) is 83.5 Å². The van der Waals surface area contributed by atoms with Gasteiger partial charge in [0.1, 0.15) is 28.1 Å². The summed E-state index contributed by atoms with van der Waals surface area (Å²) in [4.78, 5) is 65.6. The molecule has 5 aromatic rings. The summed E-state index contributed by atoms with van der Waals surface area (Å²) in [7, 11) is 3.35. The topological polar surface area (TPSA) is 197 Å². The fourth-order valence-corrected chi connectivity index (χ4v) is 9.18. The van der Waals surface area contributed by atoms with Crippen molar-refractivity contribution in [1.29, 1.82) is 0 Å². The second-order valence-corrected chi connectivity index (χ2v) is 16.9. The SMILES string of the molecule is CCO[C@]1(C)CC2(CC[C@H]1Oc1ccc3c(C4CCC(=O)NC4=O)nn(C)c3c1)CN(c1ncc(Cl)c(Nc3cnc4c(c3)cc(OCC(=O)NC)c(=O)n4C(C)C)n1)C2. The molecule has 3 atom stereocenters. The van der Waals surface area contributed by atoms with Crippen LogP contribution in [0.5, 0.6) is 11.5 Å². The smallest absolute Gasteiger partial charge is 0.294 e. The molecule has 3 aliphatic rings. The van der Waals surface area contributed by atoms with E-state index in [1.165, 1.54) is 11.6 Å². The van der Waals surface area contributed by atoms with Crippen LogP contribution in [0.4, 0.5) is 17.5 Å². The molecule has 2 saturated heterocycles. The molecule has 0 radical (unpaired) electrons. The lowest BCUT2D eigenvalue weighted by atomic mass is 9.62. The minimum Gasteiger partial charge on any atom is -0.487 e. The number of carbonyl (C=O) groups is 3. The molecular weight excluding hydrogens is 792 g/mol. The van der Waals surface area contributed by atoms with E-state index in [1.807, 2.05) is 52.1 Å². The standard InChI is InChI=1S/C42H49ClN10O7/c1-7-59-41(4)20-42(13-12-32(41)60-26-8-9-27-30(16-26)51(6)50-35(27)28-10-11-33(54)48-38(28)56)21-52(22-42)40-46-18-29(43)36(49-40)47-25-14-24-15-31(58-19-34(55)44-5)39(57)53(23(2)3)37(24)45-17-25/h8-9,14-18,23,28,32H,7,10-13,19-22H2,1-6H3,(H,44,55)(H,46,47,49)(H,48,54,56)/t28?,32-,41-/m1/s1. The molecule has 3 amide bonds. The number of anilines is 3. The third-order valence-corrected chi connectivity index (χ3v) is 12.1. The Morgan fingerprint density at radius 1 is 1.10 bits per heavy atom. The summed E-state index contributed by atoms with van der Waals surface area (Å²) in [5.41, 5.74) is 1.59. The Morgan fingerprint density at radius 2 is 1.90 bits per heavy atom. The van der Waals surface area contributed by atoms with Crippen LogP contribution in [0.2, 0.25) is 5.02 Å². The largest absolute Gasteiger partial charge is 0.487 e. The number of ether oxygens (including phenoxy) is 3. The summed E-state index contributed by atoms with van der Waals surface area (Å²) in [6.45, 7) is 9.59. The maximum Gasteiger partial charge on any atom is 0.294 e. The lowest BCUT2D eigenvalue weighted by Crippen LogP contribution is -2.65. The summed E-state index contributed by atoms with van der Waals surface area (Å²) in [5, 5.41) is 14.7. The van der Waals surface area contributed by atoms with Crippen LogP contribution >= 0.6 is 11.6 Å². The molecule has 1 spiro atoms. The Labute approximate surface area is 351 Å². The Balaban J connectivity index is 0.958. The number of fused-ring (bicyclic) bond motifs is 2. The Bertz CT molecular complexity index is 2570. The first kappa shape index (κ1) is 40.9. The number of halogens is 1. The van der Waals surface area contributed by atoms with Crippen molar-refractivity contribution < 1.29 is 28.6 Å². The van der Waals surface area contributed by atoms with Crippen molar-refractivity contribution in [3.63, 3.8) is 0 Å². The second-order valence-electron chi connectivity index (χ2n) is 16.5. The van der Waals surface area contributed by atoms with Crippen molar-refractivity contribution in [3.05, 3.63) is 63.8 Å². The fraction of sp³-hybridized carbons (Fsp3) is 0.476.